The van der Waals surface area contributed by atoms with Gasteiger partial charge in [-0.25, -0.2) is 9.59 Å². The van der Waals surface area contributed by atoms with Gasteiger partial charge in [0.2, 0.25) is 0 Å². The SMILES string of the molecule is CC(C)N1Cc2cccc(C(=O)NC3CCN(CC4CC4)CC3)c2N1OC(=O)/C=C/C(=O)ON1c2c(cccc2C(=O)NC2CCN(CC3CC3)CC2)CN1C(C)C. The van der Waals surface area contributed by atoms with E-state index >= 15 is 0 Å². The Balaban J connectivity index is 0.914. The Hall–Kier alpha value is -4.50. The zero-order valence-electron chi connectivity index (χ0n) is 34.5. The highest BCUT2D eigenvalue weighted by Crippen LogP contribution is 2.38. The molecule has 312 valence electrons. The molecule has 6 aliphatic rings. The smallest absolute Gasteiger partial charge is 0.349 e. The van der Waals surface area contributed by atoms with E-state index < -0.39 is 11.9 Å². The molecule has 4 heterocycles. The molecule has 4 fully saturated rings. The second kappa shape index (κ2) is 17.4. The summed E-state index contributed by atoms with van der Waals surface area (Å²) >= 11 is 0. The molecule has 0 radical (unpaired) electrons. The lowest BCUT2D eigenvalue weighted by molar-refractivity contribution is -0.149. The van der Waals surface area contributed by atoms with Gasteiger partial charge in [-0.15, -0.1) is 10.3 Å². The fraction of sp³-hybridized carbons (Fsp3) is 0.591. The minimum atomic E-state index is -0.806. The summed E-state index contributed by atoms with van der Waals surface area (Å²) in [6, 6.07) is 11.1. The lowest BCUT2D eigenvalue weighted by Gasteiger charge is -2.33. The van der Waals surface area contributed by atoms with Crippen LogP contribution < -0.4 is 21.0 Å². The van der Waals surface area contributed by atoms with Gasteiger partial charge in [0.15, 0.2) is 0 Å². The number of nitrogens with zero attached hydrogens (tertiary/aromatic N) is 6. The number of carbonyl (C=O) groups excluding carboxylic acids is 4. The van der Waals surface area contributed by atoms with Crippen molar-refractivity contribution >= 4 is 35.1 Å². The molecule has 14 nitrogen and oxygen atoms in total. The number of hydrogen-bond donors (Lipinski definition) is 2. The lowest BCUT2D eigenvalue weighted by atomic mass is 10.0. The molecular formula is C44H60N8O6. The number of rotatable bonds is 14. The average molecular weight is 797 g/mol. The van der Waals surface area contributed by atoms with Crippen molar-refractivity contribution in [2.75, 3.05) is 49.6 Å². The first-order chi connectivity index (χ1) is 28.0. The van der Waals surface area contributed by atoms with Crippen molar-refractivity contribution in [1.29, 1.82) is 0 Å². The molecule has 0 atom stereocenters. The van der Waals surface area contributed by atoms with E-state index in [2.05, 4.69) is 20.4 Å². The Labute approximate surface area is 342 Å². The Kier molecular flexibility index (Phi) is 12.1. The fourth-order valence-electron chi connectivity index (χ4n) is 8.72. The molecule has 2 aliphatic carbocycles. The molecule has 2 aromatic rings. The quantitative estimate of drug-likeness (QED) is 0.251. The van der Waals surface area contributed by atoms with E-state index in [-0.39, 0.29) is 36.0 Å². The van der Waals surface area contributed by atoms with Crippen LogP contribution in [0.15, 0.2) is 48.6 Å². The van der Waals surface area contributed by atoms with Crippen molar-refractivity contribution < 1.29 is 28.9 Å². The highest BCUT2D eigenvalue weighted by molar-refractivity contribution is 6.02. The van der Waals surface area contributed by atoms with Crippen molar-refractivity contribution in [3.05, 3.63) is 70.8 Å². The highest BCUT2D eigenvalue weighted by Gasteiger charge is 2.39. The molecule has 0 unspecified atom stereocenters. The topological polar surface area (TPSA) is 130 Å². The van der Waals surface area contributed by atoms with Gasteiger partial charge in [0, 0.05) is 88.7 Å². The number of nitrogens with one attached hydrogen (secondary N) is 2. The number of piperidine rings is 2. The van der Waals surface area contributed by atoms with Gasteiger partial charge < -0.3 is 30.1 Å². The molecule has 0 bridgehead atoms. The molecule has 2 saturated heterocycles. The van der Waals surface area contributed by atoms with E-state index in [9.17, 15) is 19.2 Å². The Morgan fingerprint density at radius 2 is 0.983 bits per heavy atom. The first-order valence-electron chi connectivity index (χ1n) is 21.6. The van der Waals surface area contributed by atoms with Crippen LogP contribution in [-0.4, -0.2) is 107 Å². The molecule has 2 amide bonds. The third-order valence-electron chi connectivity index (χ3n) is 12.4. The van der Waals surface area contributed by atoms with E-state index in [1.54, 1.807) is 12.1 Å². The van der Waals surface area contributed by atoms with Gasteiger partial charge in [-0.1, -0.05) is 24.3 Å². The van der Waals surface area contributed by atoms with E-state index in [0.29, 0.717) is 35.6 Å². The summed E-state index contributed by atoms with van der Waals surface area (Å²) in [5, 5.41) is 13.0. The van der Waals surface area contributed by atoms with Crippen LogP contribution in [0.2, 0.25) is 0 Å². The largest absolute Gasteiger partial charge is 0.358 e. The van der Waals surface area contributed by atoms with E-state index in [0.717, 1.165) is 100 Å². The maximum Gasteiger partial charge on any atom is 0.358 e. The predicted molar refractivity (Wildman–Crippen MR) is 220 cm³/mol. The van der Waals surface area contributed by atoms with Gasteiger partial charge in [0.1, 0.15) is 11.4 Å². The molecule has 58 heavy (non-hydrogen) atoms. The minimum Gasteiger partial charge on any atom is -0.349 e. The summed E-state index contributed by atoms with van der Waals surface area (Å²) in [6.45, 7) is 15.0. The van der Waals surface area contributed by atoms with Crippen LogP contribution in [0.25, 0.3) is 0 Å². The number of amides is 2. The van der Waals surface area contributed by atoms with E-state index in [1.807, 2.05) is 62.0 Å². The van der Waals surface area contributed by atoms with Crippen molar-refractivity contribution in [3.63, 3.8) is 0 Å². The van der Waals surface area contributed by atoms with Gasteiger partial charge in [0.25, 0.3) is 11.8 Å². The van der Waals surface area contributed by atoms with Crippen LogP contribution in [0, 0.1) is 11.8 Å². The van der Waals surface area contributed by atoms with Crippen LogP contribution in [0.3, 0.4) is 0 Å². The van der Waals surface area contributed by atoms with Crippen molar-refractivity contribution in [1.82, 2.24) is 30.5 Å². The zero-order chi connectivity index (χ0) is 40.5. The standard InChI is InChI=1S/C44H60N8O6/c1-29(2)49-27-33-7-5-9-37(43(55)45-35-17-21-47(22-18-35)25-31-11-12-31)41(33)51(49)57-39(53)15-16-40(54)58-52-42-34(28-50(52)30(3)4)8-6-10-38(42)44(56)46-36-19-23-48(24-20-36)26-32-13-14-32/h5-10,15-16,29-32,35-36H,11-14,17-28H2,1-4H3,(H,45,55)(H,46,56)/b16-15+. The number of hydrazine groups is 2. The Morgan fingerprint density at radius 3 is 1.33 bits per heavy atom. The monoisotopic (exact) mass is 796 g/mol. The molecular weight excluding hydrogens is 737 g/mol. The third kappa shape index (κ3) is 9.35. The van der Waals surface area contributed by atoms with Gasteiger partial charge in [-0.3, -0.25) is 9.59 Å². The molecule has 8 rings (SSSR count). The number of carbonyl (C=O) groups is 4. The highest BCUT2D eigenvalue weighted by atomic mass is 16.8. The number of anilines is 2. The summed E-state index contributed by atoms with van der Waals surface area (Å²) in [7, 11) is 0. The number of likely N-dealkylation sites (tertiary alicyclic amines) is 2. The molecule has 0 spiro atoms. The van der Waals surface area contributed by atoms with Crippen LogP contribution in [0.1, 0.15) is 111 Å². The second-order valence-electron chi connectivity index (χ2n) is 17.7. The molecule has 2 N–H and O–H groups in total. The third-order valence-corrected chi connectivity index (χ3v) is 12.4. The van der Waals surface area contributed by atoms with Crippen molar-refractivity contribution in [2.24, 2.45) is 11.8 Å². The summed E-state index contributed by atoms with van der Waals surface area (Å²) in [6.07, 6.45) is 11.0. The number of hydrogen-bond acceptors (Lipinski definition) is 12. The molecule has 2 aromatic carbocycles. The summed E-state index contributed by atoms with van der Waals surface area (Å²) in [5.41, 5.74) is 3.60. The van der Waals surface area contributed by atoms with Gasteiger partial charge in [0.05, 0.1) is 11.1 Å². The molecule has 2 saturated carbocycles. The van der Waals surface area contributed by atoms with Gasteiger partial charge in [-0.2, -0.15) is 10.0 Å². The van der Waals surface area contributed by atoms with E-state index in [1.165, 1.54) is 36.0 Å². The normalized spacial score (nSPS) is 21.2. The van der Waals surface area contributed by atoms with Crippen molar-refractivity contribution in [2.45, 2.75) is 116 Å². The number of fused-ring (bicyclic) bond motifs is 2. The summed E-state index contributed by atoms with van der Waals surface area (Å²) < 4.78 is 0. The first kappa shape index (κ1) is 40.3. The zero-order valence-corrected chi connectivity index (χ0v) is 34.5. The fourth-order valence-corrected chi connectivity index (χ4v) is 8.72. The molecule has 0 aromatic heterocycles. The minimum absolute atomic E-state index is 0.0652. The number of para-hydroxylation sites is 2. The van der Waals surface area contributed by atoms with Gasteiger partial charge >= 0.3 is 11.9 Å². The molecule has 4 aliphatic heterocycles. The van der Waals surface area contributed by atoms with Crippen LogP contribution >= 0.6 is 0 Å². The maximum absolute atomic E-state index is 13.8. The number of benzene rings is 2. The molecule has 14 heteroatoms. The predicted octanol–water partition coefficient (Wildman–Crippen LogP) is 4.96. The Morgan fingerprint density at radius 1 is 0.603 bits per heavy atom. The van der Waals surface area contributed by atoms with Crippen LogP contribution in [0.5, 0.6) is 0 Å². The lowest BCUT2D eigenvalue weighted by Crippen LogP contribution is -2.46. The van der Waals surface area contributed by atoms with Crippen LogP contribution in [-0.2, 0) is 32.4 Å². The van der Waals surface area contributed by atoms with Crippen molar-refractivity contribution in [3.8, 4) is 0 Å². The maximum atomic E-state index is 13.8. The Bertz CT molecular complexity index is 1750. The average Bonchev–Trinajstić information content (AvgIpc) is 4.14. The first-order valence-corrected chi connectivity index (χ1v) is 21.6. The summed E-state index contributed by atoms with van der Waals surface area (Å²) in [5.74, 6) is -0.331. The van der Waals surface area contributed by atoms with Crippen LogP contribution in [0.4, 0.5) is 11.4 Å². The second-order valence-corrected chi connectivity index (χ2v) is 17.7. The summed E-state index contributed by atoms with van der Waals surface area (Å²) in [4.78, 5) is 71.2. The van der Waals surface area contributed by atoms with Gasteiger partial charge in [-0.05, 0) is 114 Å². The van der Waals surface area contributed by atoms with E-state index in [4.69, 9.17) is 9.68 Å².